The summed E-state index contributed by atoms with van der Waals surface area (Å²) >= 11 is 3.49. The summed E-state index contributed by atoms with van der Waals surface area (Å²) in [5, 5.41) is 0. The minimum atomic E-state index is -0.455. The van der Waals surface area contributed by atoms with Crippen LogP contribution in [0.25, 0.3) is 0 Å². The first-order valence-electron chi connectivity index (χ1n) is 6.98. The van der Waals surface area contributed by atoms with Crippen molar-refractivity contribution in [2.45, 2.75) is 32.1 Å². The van der Waals surface area contributed by atoms with Gasteiger partial charge in [0, 0.05) is 16.1 Å². The Labute approximate surface area is 133 Å². The fourth-order valence-electron chi connectivity index (χ4n) is 2.16. The van der Waals surface area contributed by atoms with Crippen LogP contribution in [0.3, 0.4) is 0 Å². The minimum absolute atomic E-state index is 0.246. The van der Waals surface area contributed by atoms with Crippen LogP contribution in [-0.4, -0.2) is 6.04 Å². The van der Waals surface area contributed by atoms with Crippen molar-refractivity contribution in [3.8, 4) is 0 Å². The summed E-state index contributed by atoms with van der Waals surface area (Å²) in [6.45, 7) is 2.36. The van der Waals surface area contributed by atoms with Crippen LogP contribution in [0.15, 0.2) is 53.0 Å². The van der Waals surface area contributed by atoms with Crippen molar-refractivity contribution in [3.63, 3.8) is 0 Å². The molecular formula is C17H19BrFNO. The largest absolute Gasteiger partial charge is 0.367 e. The molecule has 2 unspecified atom stereocenters. The lowest BCUT2D eigenvalue weighted by molar-refractivity contribution is 0.0187. The summed E-state index contributed by atoms with van der Waals surface area (Å²) in [4.78, 5) is 0. The van der Waals surface area contributed by atoms with Gasteiger partial charge in [-0.15, -0.1) is 0 Å². The van der Waals surface area contributed by atoms with Crippen molar-refractivity contribution in [1.29, 1.82) is 0 Å². The fraction of sp³-hybridized carbons (Fsp3) is 0.294. The average molecular weight is 352 g/mol. The molecule has 0 amide bonds. The van der Waals surface area contributed by atoms with Crippen LogP contribution in [0.1, 0.15) is 30.6 Å². The summed E-state index contributed by atoms with van der Waals surface area (Å²) < 4.78 is 20.9. The molecule has 0 aliphatic carbocycles. The van der Waals surface area contributed by atoms with Crippen molar-refractivity contribution in [3.05, 3.63) is 69.9 Å². The number of hydrogen-bond donors (Lipinski definition) is 1. The Morgan fingerprint density at radius 3 is 2.48 bits per heavy atom. The van der Waals surface area contributed by atoms with E-state index in [0.29, 0.717) is 12.2 Å². The second-order valence-corrected chi connectivity index (χ2v) is 5.77. The highest BCUT2D eigenvalue weighted by atomic mass is 79.9. The first kappa shape index (κ1) is 16.1. The molecule has 2 atom stereocenters. The Balaban J connectivity index is 2.18. The van der Waals surface area contributed by atoms with Crippen molar-refractivity contribution in [1.82, 2.24) is 0 Å². The highest BCUT2D eigenvalue weighted by Crippen LogP contribution is 2.27. The molecule has 2 aromatic carbocycles. The van der Waals surface area contributed by atoms with E-state index < -0.39 is 6.10 Å². The van der Waals surface area contributed by atoms with Crippen LogP contribution in [-0.2, 0) is 11.3 Å². The molecule has 0 bridgehead atoms. The average Bonchev–Trinajstić information content (AvgIpc) is 2.50. The van der Waals surface area contributed by atoms with Gasteiger partial charge in [0.2, 0.25) is 0 Å². The molecular weight excluding hydrogens is 333 g/mol. The smallest absolute Gasteiger partial charge is 0.129 e. The molecule has 0 heterocycles. The van der Waals surface area contributed by atoms with Gasteiger partial charge in [-0.2, -0.15) is 0 Å². The van der Waals surface area contributed by atoms with Gasteiger partial charge in [0.05, 0.1) is 6.61 Å². The molecule has 21 heavy (non-hydrogen) atoms. The van der Waals surface area contributed by atoms with E-state index in [1.165, 1.54) is 6.07 Å². The number of nitrogens with two attached hydrogens (primary N) is 1. The van der Waals surface area contributed by atoms with E-state index in [1.807, 2.05) is 31.2 Å². The van der Waals surface area contributed by atoms with Crippen LogP contribution in [0.5, 0.6) is 0 Å². The monoisotopic (exact) mass is 351 g/mol. The normalized spacial score (nSPS) is 13.9. The molecule has 0 spiro atoms. The van der Waals surface area contributed by atoms with Crippen LogP contribution in [0.2, 0.25) is 0 Å². The van der Waals surface area contributed by atoms with Crippen LogP contribution in [0.4, 0.5) is 4.39 Å². The third kappa shape index (κ3) is 4.13. The van der Waals surface area contributed by atoms with Gasteiger partial charge < -0.3 is 10.5 Å². The number of rotatable bonds is 6. The molecule has 2 rings (SSSR count). The molecule has 0 saturated heterocycles. The summed E-state index contributed by atoms with van der Waals surface area (Å²) in [6, 6.07) is 14.2. The van der Waals surface area contributed by atoms with Gasteiger partial charge in [0.25, 0.3) is 0 Å². The van der Waals surface area contributed by atoms with Gasteiger partial charge in [-0.3, -0.25) is 0 Å². The predicted octanol–water partition coefficient (Wildman–Crippen LogP) is 4.58. The van der Waals surface area contributed by atoms with Crippen molar-refractivity contribution < 1.29 is 9.13 Å². The Bertz CT molecular complexity index is 591. The van der Waals surface area contributed by atoms with E-state index in [-0.39, 0.29) is 11.9 Å². The molecule has 0 aliphatic heterocycles. The zero-order valence-electron chi connectivity index (χ0n) is 11.9. The Kier molecular flexibility index (Phi) is 5.91. The Hall–Kier alpha value is -1.23. The minimum Gasteiger partial charge on any atom is -0.367 e. The van der Waals surface area contributed by atoms with E-state index in [1.54, 1.807) is 18.2 Å². The molecule has 0 aromatic heterocycles. The Morgan fingerprint density at radius 2 is 1.81 bits per heavy atom. The third-order valence-corrected chi connectivity index (χ3v) is 4.22. The van der Waals surface area contributed by atoms with Gasteiger partial charge in [0.1, 0.15) is 11.9 Å². The summed E-state index contributed by atoms with van der Waals surface area (Å²) in [6.07, 6.45) is 0.262. The third-order valence-electron chi connectivity index (χ3n) is 3.45. The number of benzene rings is 2. The Morgan fingerprint density at radius 1 is 1.14 bits per heavy atom. The maximum Gasteiger partial charge on any atom is 0.129 e. The van der Waals surface area contributed by atoms with Crippen LogP contribution >= 0.6 is 15.9 Å². The molecule has 0 aliphatic rings. The predicted molar refractivity (Wildman–Crippen MR) is 86.3 cm³/mol. The second kappa shape index (κ2) is 7.69. The quantitative estimate of drug-likeness (QED) is 0.826. The van der Waals surface area contributed by atoms with E-state index in [0.717, 1.165) is 16.5 Å². The topological polar surface area (TPSA) is 35.2 Å². The zero-order chi connectivity index (χ0) is 15.2. The number of ether oxygens (including phenoxy) is 1. The van der Waals surface area contributed by atoms with E-state index in [4.69, 9.17) is 10.5 Å². The first-order chi connectivity index (χ1) is 10.1. The lowest BCUT2D eigenvalue weighted by atomic mass is 10.0. The molecule has 0 saturated carbocycles. The number of halogens is 2. The maximum atomic E-state index is 14.0. The highest BCUT2D eigenvalue weighted by Gasteiger charge is 2.22. The SMILES string of the molecule is CCC(N)C(OCc1ccccc1Br)c1ccccc1F. The highest BCUT2D eigenvalue weighted by molar-refractivity contribution is 9.10. The van der Waals surface area contributed by atoms with Crippen LogP contribution in [0, 0.1) is 5.82 Å². The van der Waals surface area contributed by atoms with E-state index in [2.05, 4.69) is 15.9 Å². The first-order valence-corrected chi connectivity index (χ1v) is 7.77. The molecule has 2 N–H and O–H groups in total. The van der Waals surface area contributed by atoms with Crippen molar-refractivity contribution in [2.24, 2.45) is 5.73 Å². The molecule has 2 nitrogen and oxygen atoms in total. The molecule has 4 heteroatoms. The summed E-state index contributed by atoms with van der Waals surface area (Å²) in [7, 11) is 0. The van der Waals surface area contributed by atoms with Crippen molar-refractivity contribution >= 4 is 15.9 Å². The van der Waals surface area contributed by atoms with Crippen LogP contribution < -0.4 is 5.73 Å². The molecule has 2 aromatic rings. The van der Waals surface area contributed by atoms with Crippen molar-refractivity contribution in [2.75, 3.05) is 0 Å². The number of hydrogen-bond acceptors (Lipinski definition) is 2. The van der Waals surface area contributed by atoms with Gasteiger partial charge in [-0.25, -0.2) is 4.39 Å². The van der Waals surface area contributed by atoms with Gasteiger partial charge in [-0.1, -0.05) is 59.3 Å². The summed E-state index contributed by atoms with van der Waals surface area (Å²) in [5.41, 5.74) is 7.65. The molecule has 0 radical (unpaired) electrons. The van der Waals surface area contributed by atoms with Gasteiger partial charge in [-0.05, 0) is 24.1 Å². The van der Waals surface area contributed by atoms with Gasteiger partial charge in [0.15, 0.2) is 0 Å². The molecule has 0 fully saturated rings. The van der Waals surface area contributed by atoms with Gasteiger partial charge >= 0.3 is 0 Å². The lowest BCUT2D eigenvalue weighted by Crippen LogP contribution is -2.30. The standard InChI is InChI=1S/C17H19BrFNO/c1-2-16(20)17(13-8-4-6-10-15(13)19)21-11-12-7-3-5-9-14(12)18/h3-10,16-17H,2,11,20H2,1H3. The zero-order valence-corrected chi connectivity index (χ0v) is 13.5. The van der Waals surface area contributed by atoms with E-state index >= 15 is 0 Å². The fourth-order valence-corrected chi connectivity index (χ4v) is 2.56. The molecule has 112 valence electrons. The van der Waals surface area contributed by atoms with E-state index in [9.17, 15) is 4.39 Å². The second-order valence-electron chi connectivity index (χ2n) is 4.92. The maximum absolute atomic E-state index is 14.0. The summed E-state index contributed by atoms with van der Waals surface area (Å²) in [5.74, 6) is -0.279. The lowest BCUT2D eigenvalue weighted by Gasteiger charge is -2.24.